The Bertz CT molecular complexity index is 365. The van der Waals surface area contributed by atoms with Crippen molar-refractivity contribution in [1.29, 1.82) is 0 Å². The zero-order chi connectivity index (χ0) is 11.4. The minimum Gasteiger partial charge on any atom is -0.378 e. The SMILES string of the molecule is FC(F)=Cc1ccc(N2CCOCC2)cc1. The molecule has 0 bridgehead atoms. The maximum absolute atomic E-state index is 12.0. The normalized spacial score (nSPS) is 16.0. The van der Waals surface area contributed by atoms with E-state index in [2.05, 4.69) is 4.90 Å². The number of ether oxygens (including phenoxy) is 1. The maximum atomic E-state index is 12.0. The molecule has 1 heterocycles. The molecule has 2 nitrogen and oxygen atoms in total. The zero-order valence-electron chi connectivity index (χ0n) is 8.83. The monoisotopic (exact) mass is 225 g/mol. The highest BCUT2D eigenvalue weighted by Crippen LogP contribution is 2.18. The summed E-state index contributed by atoms with van der Waals surface area (Å²) >= 11 is 0. The van der Waals surface area contributed by atoms with Crippen LogP contribution >= 0.6 is 0 Å². The van der Waals surface area contributed by atoms with Crippen LogP contribution < -0.4 is 4.90 Å². The Morgan fingerprint density at radius 3 is 2.31 bits per heavy atom. The molecular formula is C12H13F2NO. The van der Waals surface area contributed by atoms with Crippen molar-refractivity contribution in [2.45, 2.75) is 0 Å². The topological polar surface area (TPSA) is 12.5 Å². The first-order valence-corrected chi connectivity index (χ1v) is 5.21. The smallest absolute Gasteiger partial charge is 0.270 e. The van der Waals surface area contributed by atoms with Gasteiger partial charge in [-0.05, 0) is 17.7 Å². The summed E-state index contributed by atoms with van der Waals surface area (Å²) in [5, 5.41) is 0. The van der Waals surface area contributed by atoms with Gasteiger partial charge in [0, 0.05) is 24.9 Å². The van der Waals surface area contributed by atoms with Gasteiger partial charge < -0.3 is 9.64 Å². The molecule has 0 spiro atoms. The third-order valence-electron chi connectivity index (χ3n) is 2.55. The highest BCUT2D eigenvalue weighted by Gasteiger charge is 2.10. The molecule has 0 radical (unpaired) electrons. The number of morpholine rings is 1. The zero-order valence-corrected chi connectivity index (χ0v) is 8.83. The van der Waals surface area contributed by atoms with Gasteiger partial charge >= 0.3 is 0 Å². The first-order chi connectivity index (χ1) is 7.75. The van der Waals surface area contributed by atoms with Crippen molar-refractivity contribution in [3.05, 3.63) is 35.9 Å². The van der Waals surface area contributed by atoms with Crippen molar-refractivity contribution in [3.63, 3.8) is 0 Å². The molecule has 1 aromatic carbocycles. The van der Waals surface area contributed by atoms with Gasteiger partial charge in [0.1, 0.15) is 0 Å². The van der Waals surface area contributed by atoms with Crippen molar-refractivity contribution in [3.8, 4) is 0 Å². The summed E-state index contributed by atoms with van der Waals surface area (Å²) < 4.78 is 29.3. The lowest BCUT2D eigenvalue weighted by Gasteiger charge is -2.28. The van der Waals surface area contributed by atoms with E-state index in [9.17, 15) is 8.78 Å². The molecule has 16 heavy (non-hydrogen) atoms. The number of benzene rings is 1. The van der Waals surface area contributed by atoms with E-state index in [-0.39, 0.29) is 0 Å². The standard InChI is InChI=1S/C12H13F2NO/c13-12(14)9-10-1-3-11(4-2-10)15-5-7-16-8-6-15/h1-4,9H,5-8H2. The molecule has 2 rings (SSSR count). The van der Waals surface area contributed by atoms with Crippen LogP contribution in [0.4, 0.5) is 14.5 Å². The lowest BCUT2D eigenvalue weighted by atomic mass is 10.2. The van der Waals surface area contributed by atoms with Crippen molar-refractivity contribution in [2.75, 3.05) is 31.2 Å². The van der Waals surface area contributed by atoms with Crippen molar-refractivity contribution in [2.24, 2.45) is 0 Å². The summed E-state index contributed by atoms with van der Waals surface area (Å²) in [6.45, 7) is 3.15. The van der Waals surface area contributed by atoms with E-state index in [1.54, 1.807) is 12.1 Å². The fraction of sp³-hybridized carbons (Fsp3) is 0.333. The Hall–Kier alpha value is -1.42. The molecule has 1 fully saturated rings. The Morgan fingerprint density at radius 1 is 1.12 bits per heavy atom. The molecule has 1 saturated heterocycles. The Balaban J connectivity index is 2.09. The molecular weight excluding hydrogens is 212 g/mol. The van der Waals surface area contributed by atoms with Crippen LogP contribution in [-0.2, 0) is 4.74 Å². The second-order valence-electron chi connectivity index (χ2n) is 3.62. The van der Waals surface area contributed by atoms with Crippen LogP contribution in [0.25, 0.3) is 6.08 Å². The minimum atomic E-state index is -1.67. The Kier molecular flexibility index (Phi) is 3.51. The molecule has 0 amide bonds. The van der Waals surface area contributed by atoms with E-state index in [0.29, 0.717) is 5.56 Å². The van der Waals surface area contributed by atoms with Gasteiger partial charge in [-0.25, -0.2) is 0 Å². The molecule has 0 atom stereocenters. The van der Waals surface area contributed by atoms with Gasteiger partial charge in [0.25, 0.3) is 6.08 Å². The van der Waals surface area contributed by atoms with Crippen LogP contribution in [0.15, 0.2) is 30.3 Å². The molecule has 1 aliphatic rings. The van der Waals surface area contributed by atoms with E-state index in [4.69, 9.17) is 4.74 Å². The third kappa shape index (κ3) is 2.79. The summed E-state index contributed by atoms with van der Waals surface area (Å²) in [5.74, 6) is 0. The quantitative estimate of drug-likeness (QED) is 0.767. The number of hydrogen-bond acceptors (Lipinski definition) is 2. The van der Waals surface area contributed by atoms with E-state index < -0.39 is 6.08 Å². The van der Waals surface area contributed by atoms with E-state index >= 15 is 0 Å². The van der Waals surface area contributed by atoms with Gasteiger partial charge in [-0.15, -0.1) is 0 Å². The lowest BCUT2D eigenvalue weighted by Crippen LogP contribution is -2.36. The molecule has 0 aromatic heterocycles. The highest BCUT2D eigenvalue weighted by atomic mass is 19.3. The van der Waals surface area contributed by atoms with Crippen LogP contribution in [-0.4, -0.2) is 26.3 Å². The van der Waals surface area contributed by atoms with Crippen LogP contribution in [0, 0.1) is 0 Å². The molecule has 86 valence electrons. The van der Waals surface area contributed by atoms with E-state index in [0.717, 1.165) is 38.1 Å². The van der Waals surface area contributed by atoms with Crippen molar-refractivity contribution >= 4 is 11.8 Å². The fourth-order valence-electron chi connectivity index (χ4n) is 1.73. The molecule has 1 aromatic rings. The fourth-order valence-corrected chi connectivity index (χ4v) is 1.73. The first-order valence-electron chi connectivity index (χ1n) is 5.21. The van der Waals surface area contributed by atoms with Gasteiger partial charge in [-0.3, -0.25) is 0 Å². The summed E-state index contributed by atoms with van der Waals surface area (Å²) in [6, 6.07) is 7.12. The molecule has 0 aliphatic carbocycles. The number of anilines is 1. The number of hydrogen-bond donors (Lipinski definition) is 0. The summed E-state index contributed by atoms with van der Waals surface area (Å²) in [4.78, 5) is 2.18. The summed E-state index contributed by atoms with van der Waals surface area (Å²) in [5.41, 5.74) is 1.58. The number of rotatable bonds is 2. The maximum Gasteiger partial charge on any atom is 0.270 e. The van der Waals surface area contributed by atoms with Crippen molar-refractivity contribution < 1.29 is 13.5 Å². The van der Waals surface area contributed by atoms with Crippen LogP contribution in [0.5, 0.6) is 0 Å². The van der Waals surface area contributed by atoms with Gasteiger partial charge in [0.05, 0.1) is 13.2 Å². The summed E-state index contributed by atoms with van der Waals surface area (Å²) in [7, 11) is 0. The average molecular weight is 225 g/mol. The largest absolute Gasteiger partial charge is 0.378 e. The third-order valence-corrected chi connectivity index (χ3v) is 2.55. The second-order valence-corrected chi connectivity index (χ2v) is 3.62. The second kappa shape index (κ2) is 5.07. The molecule has 0 unspecified atom stereocenters. The minimum absolute atomic E-state index is 0.525. The average Bonchev–Trinajstić information content (AvgIpc) is 2.30. The van der Waals surface area contributed by atoms with Gasteiger partial charge in [0.15, 0.2) is 0 Å². The number of nitrogens with zero attached hydrogens (tertiary/aromatic N) is 1. The Labute approximate surface area is 93.1 Å². The Morgan fingerprint density at radius 2 is 1.75 bits per heavy atom. The van der Waals surface area contributed by atoms with Gasteiger partial charge in [0.2, 0.25) is 0 Å². The van der Waals surface area contributed by atoms with Crippen LogP contribution in [0.1, 0.15) is 5.56 Å². The summed E-state index contributed by atoms with van der Waals surface area (Å²) in [6.07, 6.45) is -0.803. The highest BCUT2D eigenvalue weighted by molar-refractivity contribution is 5.56. The van der Waals surface area contributed by atoms with E-state index in [1.165, 1.54) is 0 Å². The first kappa shape index (κ1) is 11.1. The predicted octanol–water partition coefficient (Wildman–Crippen LogP) is 2.76. The lowest BCUT2D eigenvalue weighted by molar-refractivity contribution is 0.122. The van der Waals surface area contributed by atoms with Crippen molar-refractivity contribution in [1.82, 2.24) is 0 Å². The van der Waals surface area contributed by atoms with Crippen LogP contribution in [0.3, 0.4) is 0 Å². The molecule has 0 N–H and O–H groups in total. The number of halogens is 2. The van der Waals surface area contributed by atoms with E-state index in [1.807, 2.05) is 12.1 Å². The van der Waals surface area contributed by atoms with Crippen LogP contribution in [0.2, 0.25) is 0 Å². The molecule has 4 heteroatoms. The molecule has 1 aliphatic heterocycles. The predicted molar refractivity (Wildman–Crippen MR) is 59.7 cm³/mol. The van der Waals surface area contributed by atoms with Gasteiger partial charge in [-0.1, -0.05) is 12.1 Å². The van der Waals surface area contributed by atoms with Gasteiger partial charge in [-0.2, -0.15) is 8.78 Å². The molecule has 0 saturated carbocycles.